The summed E-state index contributed by atoms with van der Waals surface area (Å²) >= 11 is 0. The van der Waals surface area contributed by atoms with E-state index >= 15 is 0 Å². The van der Waals surface area contributed by atoms with E-state index in [1.807, 2.05) is 7.05 Å². The monoisotopic (exact) mass is 218 g/mol. The van der Waals surface area contributed by atoms with Crippen LogP contribution in [-0.4, -0.2) is 26.2 Å². The van der Waals surface area contributed by atoms with E-state index in [4.69, 9.17) is 0 Å². The fourth-order valence-electron chi connectivity index (χ4n) is 2.33. The van der Waals surface area contributed by atoms with E-state index in [9.17, 15) is 0 Å². The van der Waals surface area contributed by atoms with Crippen molar-refractivity contribution in [2.45, 2.75) is 32.2 Å². The molecule has 0 bridgehead atoms. The summed E-state index contributed by atoms with van der Waals surface area (Å²) in [4.78, 5) is 2.34. The van der Waals surface area contributed by atoms with Crippen molar-refractivity contribution in [1.29, 1.82) is 0 Å². The second kappa shape index (κ2) is 4.10. The molecule has 2 rings (SSSR count). The number of nitrogens with one attached hydrogen (secondary N) is 1. The molecule has 1 aromatic carbocycles. The van der Waals surface area contributed by atoms with E-state index in [1.165, 1.54) is 23.2 Å². The first-order valence-corrected chi connectivity index (χ1v) is 6.04. The van der Waals surface area contributed by atoms with Crippen molar-refractivity contribution in [2.75, 3.05) is 25.5 Å². The molecule has 0 aromatic heterocycles. The van der Waals surface area contributed by atoms with Gasteiger partial charge in [0.15, 0.2) is 0 Å². The summed E-state index contributed by atoms with van der Waals surface area (Å²) in [5.74, 6) is 0. The maximum Gasteiger partial charge on any atom is 0.0397 e. The van der Waals surface area contributed by atoms with Gasteiger partial charge in [-0.2, -0.15) is 0 Å². The molecule has 0 aliphatic carbocycles. The van der Waals surface area contributed by atoms with Crippen LogP contribution < -0.4 is 10.2 Å². The van der Waals surface area contributed by atoms with Crippen molar-refractivity contribution < 1.29 is 0 Å². The first-order valence-electron chi connectivity index (χ1n) is 6.04. The highest BCUT2D eigenvalue weighted by atomic mass is 15.1. The number of benzene rings is 1. The minimum Gasteiger partial charge on any atom is -0.374 e. The third kappa shape index (κ3) is 2.22. The minimum atomic E-state index is 0.179. The standard InChI is InChI=1S/C14H22N2/c1-14(2,15-3)10-11-5-6-13-12(9-11)7-8-16(13)4/h5-6,9,15H,7-8,10H2,1-4H3. The van der Waals surface area contributed by atoms with E-state index < -0.39 is 0 Å². The highest BCUT2D eigenvalue weighted by molar-refractivity contribution is 5.58. The Hall–Kier alpha value is -1.02. The number of likely N-dealkylation sites (N-methyl/N-ethyl adjacent to an activating group) is 2. The van der Waals surface area contributed by atoms with Gasteiger partial charge >= 0.3 is 0 Å². The van der Waals surface area contributed by atoms with Crippen LogP contribution in [0.2, 0.25) is 0 Å². The lowest BCUT2D eigenvalue weighted by atomic mass is 9.94. The number of hydrogen-bond acceptors (Lipinski definition) is 2. The van der Waals surface area contributed by atoms with E-state index in [0.717, 1.165) is 13.0 Å². The average Bonchev–Trinajstić information content (AvgIpc) is 2.60. The molecule has 0 unspecified atom stereocenters. The summed E-state index contributed by atoms with van der Waals surface area (Å²) < 4.78 is 0. The van der Waals surface area contributed by atoms with Gasteiger partial charge in [-0.05, 0) is 50.9 Å². The van der Waals surface area contributed by atoms with E-state index in [0.29, 0.717) is 0 Å². The predicted octanol–water partition coefficient (Wildman–Crippen LogP) is 2.22. The molecule has 1 heterocycles. The highest BCUT2D eigenvalue weighted by Crippen LogP contribution is 2.28. The zero-order valence-corrected chi connectivity index (χ0v) is 10.8. The third-order valence-corrected chi connectivity index (χ3v) is 3.59. The molecule has 0 spiro atoms. The molecule has 16 heavy (non-hydrogen) atoms. The molecule has 0 radical (unpaired) electrons. The van der Waals surface area contributed by atoms with Crippen molar-refractivity contribution in [3.63, 3.8) is 0 Å². The van der Waals surface area contributed by atoms with Gasteiger partial charge in [-0.15, -0.1) is 0 Å². The molecule has 2 nitrogen and oxygen atoms in total. The molecule has 0 amide bonds. The van der Waals surface area contributed by atoms with Crippen LogP contribution in [0.15, 0.2) is 18.2 Å². The molecule has 1 N–H and O–H groups in total. The average molecular weight is 218 g/mol. The van der Waals surface area contributed by atoms with Gasteiger partial charge in [-0.3, -0.25) is 0 Å². The molecule has 0 fully saturated rings. The van der Waals surface area contributed by atoms with Crippen molar-refractivity contribution in [2.24, 2.45) is 0 Å². The van der Waals surface area contributed by atoms with Crippen molar-refractivity contribution in [1.82, 2.24) is 5.32 Å². The number of fused-ring (bicyclic) bond motifs is 1. The Morgan fingerprint density at radius 3 is 2.81 bits per heavy atom. The predicted molar refractivity (Wildman–Crippen MR) is 70.3 cm³/mol. The number of rotatable bonds is 3. The number of hydrogen-bond donors (Lipinski definition) is 1. The zero-order chi connectivity index (χ0) is 11.8. The van der Waals surface area contributed by atoms with Crippen LogP contribution in [-0.2, 0) is 12.8 Å². The maximum atomic E-state index is 3.36. The van der Waals surface area contributed by atoms with Crippen LogP contribution in [0.5, 0.6) is 0 Å². The molecular formula is C14H22N2. The van der Waals surface area contributed by atoms with E-state index in [-0.39, 0.29) is 5.54 Å². The Morgan fingerprint density at radius 2 is 2.12 bits per heavy atom. The van der Waals surface area contributed by atoms with Crippen LogP contribution >= 0.6 is 0 Å². The Labute approximate surface area is 98.7 Å². The fraction of sp³-hybridized carbons (Fsp3) is 0.571. The van der Waals surface area contributed by atoms with Gasteiger partial charge in [-0.25, -0.2) is 0 Å². The van der Waals surface area contributed by atoms with E-state index in [2.05, 4.69) is 49.3 Å². The lowest BCUT2D eigenvalue weighted by Crippen LogP contribution is -2.38. The summed E-state index contributed by atoms with van der Waals surface area (Å²) in [7, 11) is 4.20. The lowest BCUT2D eigenvalue weighted by Gasteiger charge is -2.24. The molecule has 0 atom stereocenters. The van der Waals surface area contributed by atoms with Gasteiger partial charge in [0.25, 0.3) is 0 Å². The van der Waals surface area contributed by atoms with E-state index in [1.54, 1.807) is 0 Å². The summed E-state index contributed by atoms with van der Waals surface area (Å²) in [6.45, 7) is 5.65. The maximum absolute atomic E-state index is 3.36. The fourth-order valence-corrected chi connectivity index (χ4v) is 2.33. The molecule has 88 valence electrons. The smallest absolute Gasteiger partial charge is 0.0397 e. The molecule has 2 heteroatoms. The second-order valence-corrected chi connectivity index (χ2v) is 5.45. The molecule has 1 aliphatic rings. The van der Waals surface area contributed by atoms with Gasteiger partial charge in [0.05, 0.1) is 0 Å². The highest BCUT2D eigenvalue weighted by Gasteiger charge is 2.19. The number of anilines is 1. The molecule has 1 aliphatic heterocycles. The van der Waals surface area contributed by atoms with Crippen molar-refractivity contribution in [3.8, 4) is 0 Å². The topological polar surface area (TPSA) is 15.3 Å². The largest absolute Gasteiger partial charge is 0.374 e. The summed E-state index contributed by atoms with van der Waals surface area (Å²) in [5.41, 5.74) is 4.53. The quantitative estimate of drug-likeness (QED) is 0.837. The van der Waals surface area contributed by atoms with Gasteiger partial charge in [0.1, 0.15) is 0 Å². The first-order chi connectivity index (χ1) is 7.52. The third-order valence-electron chi connectivity index (χ3n) is 3.59. The van der Waals surface area contributed by atoms with Crippen LogP contribution in [0.3, 0.4) is 0 Å². The molecule has 0 saturated carbocycles. The normalized spacial score (nSPS) is 15.4. The van der Waals surface area contributed by atoms with Gasteiger partial charge in [0, 0.05) is 24.8 Å². The Morgan fingerprint density at radius 1 is 1.38 bits per heavy atom. The van der Waals surface area contributed by atoms with Gasteiger partial charge < -0.3 is 10.2 Å². The van der Waals surface area contributed by atoms with Crippen LogP contribution in [0.1, 0.15) is 25.0 Å². The van der Waals surface area contributed by atoms with Crippen LogP contribution in [0, 0.1) is 0 Å². The van der Waals surface area contributed by atoms with Gasteiger partial charge in [0.2, 0.25) is 0 Å². The lowest BCUT2D eigenvalue weighted by molar-refractivity contribution is 0.422. The Kier molecular flexibility index (Phi) is 2.94. The summed E-state index contributed by atoms with van der Waals surface area (Å²) in [6, 6.07) is 6.90. The SMILES string of the molecule is CNC(C)(C)Cc1ccc2c(c1)CCN2C. The first kappa shape index (κ1) is 11.5. The minimum absolute atomic E-state index is 0.179. The Balaban J connectivity index is 2.20. The second-order valence-electron chi connectivity index (χ2n) is 5.45. The summed E-state index contributed by atoms with van der Waals surface area (Å²) in [6.07, 6.45) is 2.28. The molecule has 0 saturated heterocycles. The van der Waals surface area contributed by atoms with Gasteiger partial charge in [-0.1, -0.05) is 12.1 Å². The number of nitrogens with zero attached hydrogens (tertiary/aromatic N) is 1. The summed E-state index contributed by atoms with van der Waals surface area (Å²) in [5, 5.41) is 3.36. The van der Waals surface area contributed by atoms with Crippen LogP contribution in [0.4, 0.5) is 5.69 Å². The Bertz CT molecular complexity index is 382. The molecule has 1 aromatic rings. The zero-order valence-electron chi connectivity index (χ0n) is 10.8. The van der Waals surface area contributed by atoms with Crippen molar-refractivity contribution >= 4 is 5.69 Å². The van der Waals surface area contributed by atoms with Crippen LogP contribution in [0.25, 0.3) is 0 Å². The molecular weight excluding hydrogens is 196 g/mol. The van der Waals surface area contributed by atoms with Crippen molar-refractivity contribution in [3.05, 3.63) is 29.3 Å².